The molecular formula is C26H36N2O7. The van der Waals surface area contributed by atoms with Crippen molar-refractivity contribution in [1.82, 2.24) is 10.2 Å². The van der Waals surface area contributed by atoms with E-state index >= 15 is 0 Å². The second kappa shape index (κ2) is 11.6. The zero-order valence-corrected chi connectivity index (χ0v) is 21.0. The van der Waals surface area contributed by atoms with Crippen molar-refractivity contribution in [2.24, 2.45) is 5.92 Å². The third kappa shape index (κ3) is 7.44. The van der Waals surface area contributed by atoms with Crippen LogP contribution >= 0.6 is 0 Å². The fourth-order valence-corrected chi connectivity index (χ4v) is 4.83. The molecule has 192 valence electrons. The van der Waals surface area contributed by atoms with Crippen LogP contribution in [0.5, 0.6) is 0 Å². The van der Waals surface area contributed by atoms with Crippen molar-refractivity contribution in [3.63, 3.8) is 0 Å². The molecule has 9 nitrogen and oxygen atoms in total. The van der Waals surface area contributed by atoms with Crippen LogP contribution in [-0.4, -0.2) is 59.2 Å². The van der Waals surface area contributed by atoms with Gasteiger partial charge in [-0.15, -0.1) is 0 Å². The minimum Gasteiger partial charge on any atom is -0.466 e. The smallest absolute Gasteiger partial charge is 0.408 e. The van der Waals surface area contributed by atoms with Crippen LogP contribution in [0, 0.1) is 5.92 Å². The first kappa shape index (κ1) is 26.5. The summed E-state index contributed by atoms with van der Waals surface area (Å²) in [4.78, 5) is 52.0. The van der Waals surface area contributed by atoms with E-state index in [4.69, 9.17) is 14.2 Å². The molecule has 0 saturated carbocycles. The number of ether oxygens (including phenoxy) is 3. The lowest BCUT2D eigenvalue weighted by Crippen LogP contribution is -2.53. The van der Waals surface area contributed by atoms with E-state index in [-0.39, 0.29) is 37.0 Å². The summed E-state index contributed by atoms with van der Waals surface area (Å²) in [6.45, 7) is 7.03. The number of carbonyl (C=O) groups excluding carboxylic acids is 4. The average molecular weight is 489 g/mol. The summed E-state index contributed by atoms with van der Waals surface area (Å²) in [6, 6.07) is 7.54. The molecule has 0 radical (unpaired) electrons. The van der Waals surface area contributed by atoms with E-state index in [0.717, 1.165) is 5.56 Å². The van der Waals surface area contributed by atoms with Crippen molar-refractivity contribution in [3.05, 3.63) is 35.9 Å². The molecule has 3 rings (SSSR count). The van der Waals surface area contributed by atoms with Crippen LogP contribution in [-0.2, 0) is 35.2 Å². The number of esters is 2. The summed E-state index contributed by atoms with van der Waals surface area (Å²) in [5.74, 6) is -1.15. The van der Waals surface area contributed by atoms with Crippen LogP contribution in [0.3, 0.4) is 0 Å². The number of benzene rings is 1. The van der Waals surface area contributed by atoms with Crippen molar-refractivity contribution in [1.29, 1.82) is 0 Å². The third-order valence-electron chi connectivity index (χ3n) is 6.29. The minimum atomic E-state index is -0.791. The molecule has 2 heterocycles. The van der Waals surface area contributed by atoms with Crippen molar-refractivity contribution < 1.29 is 33.4 Å². The highest BCUT2D eigenvalue weighted by Crippen LogP contribution is 2.39. The van der Waals surface area contributed by atoms with E-state index < -0.39 is 29.7 Å². The van der Waals surface area contributed by atoms with Crippen LogP contribution in [0.25, 0.3) is 0 Å². The fourth-order valence-electron chi connectivity index (χ4n) is 4.83. The Hall–Kier alpha value is -3.10. The number of nitrogens with zero attached hydrogens (tertiary/aromatic N) is 1. The molecular weight excluding hydrogens is 452 g/mol. The monoisotopic (exact) mass is 488 g/mol. The first-order valence-corrected chi connectivity index (χ1v) is 12.2. The molecule has 35 heavy (non-hydrogen) atoms. The maximum atomic E-state index is 13.6. The quantitative estimate of drug-likeness (QED) is 0.463. The van der Waals surface area contributed by atoms with Crippen molar-refractivity contribution in [2.45, 2.75) is 90.1 Å². The topological polar surface area (TPSA) is 111 Å². The number of amides is 2. The Bertz CT molecular complexity index is 912. The lowest BCUT2D eigenvalue weighted by atomic mass is 9.92. The van der Waals surface area contributed by atoms with Gasteiger partial charge in [0.2, 0.25) is 5.91 Å². The molecule has 0 bridgehead atoms. The molecule has 0 aromatic heterocycles. The van der Waals surface area contributed by atoms with Gasteiger partial charge in [-0.05, 0) is 64.4 Å². The molecule has 9 heteroatoms. The molecule has 2 aliphatic heterocycles. The summed E-state index contributed by atoms with van der Waals surface area (Å²) >= 11 is 0. The SMILES string of the molecule is CC(=O)OCC[C@H]1C[C@@H](C(=O)OC(C)(C)C)N2C(=O)[C@H](NC(=O)OCc3ccccc3)CCC[C@H]12. The second-order valence-corrected chi connectivity index (χ2v) is 10.2. The van der Waals surface area contributed by atoms with Crippen LogP contribution in [0.1, 0.15) is 65.4 Å². The Labute approximate surface area is 206 Å². The standard InChI is InChI=1S/C26H36N2O7/c1-17(29)33-14-13-19-15-22(24(31)35-26(2,3)4)28-21(19)12-8-11-20(23(28)30)27-25(32)34-16-18-9-6-5-7-10-18/h5-7,9-10,19-22H,8,11-16H2,1-4H3,(H,27,32)/t19-,20+,21+,22-/m0/s1. The summed E-state index contributed by atoms with van der Waals surface area (Å²) < 4.78 is 16.1. The van der Waals surface area contributed by atoms with Crippen LogP contribution in [0.15, 0.2) is 30.3 Å². The molecule has 1 N–H and O–H groups in total. The van der Waals surface area contributed by atoms with E-state index in [2.05, 4.69) is 5.32 Å². The number of alkyl carbamates (subject to hydrolysis) is 1. The van der Waals surface area contributed by atoms with Gasteiger partial charge in [-0.2, -0.15) is 0 Å². The van der Waals surface area contributed by atoms with E-state index in [1.165, 1.54) is 6.92 Å². The third-order valence-corrected chi connectivity index (χ3v) is 6.29. The van der Waals surface area contributed by atoms with Crippen molar-refractivity contribution in [2.75, 3.05) is 6.61 Å². The van der Waals surface area contributed by atoms with Gasteiger partial charge >= 0.3 is 18.0 Å². The molecule has 2 fully saturated rings. The predicted octanol–water partition coefficient (Wildman–Crippen LogP) is 3.35. The Morgan fingerprint density at radius 2 is 1.80 bits per heavy atom. The van der Waals surface area contributed by atoms with Crippen LogP contribution in [0.2, 0.25) is 0 Å². The molecule has 4 atom stereocenters. The van der Waals surface area contributed by atoms with Crippen molar-refractivity contribution in [3.8, 4) is 0 Å². The Kier molecular flexibility index (Phi) is 8.75. The molecule has 0 spiro atoms. The van der Waals surface area contributed by atoms with Gasteiger partial charge in [0.1, 0.15) is 24.3 Å². The van der Waals surface area contributed by atoms with Crippen molar-refractivity contribution >= 4 is 23.9 Å². The number of hydrogen-bond donors (Lipinski definition) is 1. The molecule has 0 aliphatic carbocycles. The van der Waals surface area contributed by atoms with E-state index in [1.54, 1.807) is 25.7 Å². The largest absolute Gasteiger partial charge is 0.466 e. The normalized spacial score (nSPS) is 24.2. The number of fused-ring (bicyclic) bond motifs is 1. The zero-order valence-electron chi connectivity index (χ0n) is 21.0. The summed E-state index contributed by atoms with van der Waals surface area (Å²) in [7, 11) is 0. The van der Waals surface area contributed by atoms with Gasteiger partial charge in [0.05, 0.1) is 6.61 Å². The highest BCUT2D eigenvalue weighted by molar-refractivity contribution is 5.91. The maximum Gasteiger partial charge on any atom is 0.408 e. The molecule has 2 saturated heterocycles. The number of hydrogen-bond acceptors (Lipinski definition) is 7. The zero-order chi connectivity index (χ0) is 25.6. The van der Waals surface area contributed by atoms with Gasteiger partial charge in [0.25, 0.3) is 0 Å². The molecule has 0 unspecified atom stereocenters. The predicted molar refractivity (Wildman–Crippen MR) is 127 cm³/mol. The Balaban J connectivity index is 1.71. The highest BCUT2D eigenvalue weighted by Gasteiger charge is 2.50. The lowest BCUT2D eigenvalue weighted by Gasteiger charge is -2.32. The van der Waals surface area contributed by atoms with E-state index in [9.17, 15) is 19.2 Å². The fraction of sp³-hybridized carbons (Fsp3) is 0.615. The van der Waals surface area contributed by atoms with Gasteiger partial charge in [0.15, 0.2) is 0 Å². The summed E-state index contributed by atoms with van der Waals surface area (Å²) in [6.07, 6.45) is 2.13. The van der Waals surface area contributed by atoms with E-state index in [1.807, 2.05) is 30.3 Å². The molecule has 2 amide bonds. The molecule has 2 aliphatic rings. The van der Waals surface area contributed by atoms with Crippen LogP contribution in [0.4, 0.5) is 4.79 Å². The van der Waals surface area contributed by atoms with Gasteiger partial charge in [0, 0.05) is 13.0 Å². The van der Waals surface area contributed by atoms with Gasteiger partial charge in [-0.1, -0.05) is 30.3 Å². The molecule has 1 aromatic carbocycles. The highest BCUT2D eigenvalue weighted by atomic mass is 16.6. The summed E-state index contributed by atoms with van der Waals surface area (Å²) in [5, 5.41) is 2.70. The minimum absolute atomic E-state index is 0.0143. The van der Waals surface area contributed by atoms with Gasteiger partial charge in [-0.25, -0.2) is 9.59 Å². The van der Waals surface area contributed by atoms with Gasteiger partial charge in [-0.3, -0.25) is 9.59 Å². The maximum absolute atomic E-state index is 13.6. The molecule has 1 aromatic rings. The first-order valence-electron chi connectivity index (χ1n) is 12.2. The lowest BCUT2D eigenvalue weighted by molar-refractivity contribution is -0.164. The first-order chi connectivity index (χ1) is 16.5. The average Bonchev–Trinajstić information content (AvgIpc) is 3.06. The van der Waals surface area contributed by atoms with E-state index in [0.29, 0.717) is 32.1 Å². The summed E-state index contributed by atoms with van der Waals surface area (Å²) in [5.41, 5.74) is 0.144. The Morgan fingerprint density at radius 3 is 2.46 bits per heavy atom. The Morgan fingerprint density at radius 1 is 1.09 bits per heavy atom. The number of rotatable bonds is 7. The van der Waals surface area contributed by atoms with Crippen LogP contribution < -0.4 is 5.32 Å². The number of carbonyl (C=O) groups is 4. The second-order valence-electron chi connectivity index (χ2n) is 10.2. The number of nitrogens with one attached hydrogen (secondary N) is 1. The van der Waals surface area contributed by atoms with Gasteiger partial charge < -0.3 is 24.4 Å².